The first-order valence-electron chi connectivity index (χ1n) is 9.67. The summed E-state index contributed by atoms with van der Waals surface area (Å²) < 4.78 is 1.65. The molecular formula is C19H29N5O3. The first kappa shape index (κ1) is 19.4. The Morgan fingerprint density at radius 1 is 1.30 bits per heavy atom. The van der Waals surface area contributed by atoms with Gasteiger partial charge >= 0.3 is 0 Å². The summed E-state index contributed by atoms with van der Waals surface area (Å²) in [4.78, 5) is 45.9. The van der Waals surface area contributed by atoms with Gasteiger partial charge in [-0.1, -0.05) is 6.92 Å². The molecule has 27 heavy (non-hydrogen) atoms. The van der Waals surface area contributed by atoms with Gasteiger partial charge in [0.05, 0.1) is 12.5 Å². The maximum absolute atomic E-state index is 13.0. The Morgan fingerprint density at radius 3 is 2.48 bits per heavy atom. The van der Waals surface area contributed by atoms with Gasteiger partial charge in [-0.25, -0.2) is 4.98 Å². The van der Waals surface area contributed by atoms with Crippen LogP contribution in [0.5, 0.6) is 0 Å². The fourth-order valence-corrected chi connectivity index (χ4v) is 3.73. The number of nitrogens with zero attached hydrogens (tertiary/aromatic N) is 4. The van der Waals surface area contributed by atoms with Gasteiger partial charge < -0.3 is 19.7 Å². The average Bonchev–Trinajstić information content (AvgIpc) is 3.06. The number of hydrogen-bond acceptors (Lipinski definition) is 4. The number of likely N-dealkylation sites (tertiary alicyclic amines) is 1. The highest BCUT2D eigenvalue weighted by Crippen LogP contribution is 2.47. The molecule has 0 unspecified atom stereocenters. The lowest BCUT2D eigenvalue weighted by molar-refractivity contribution is -0.146. The van der Waals surface area contributed by atoms with Crippen LogP contribution in [0.15, 0.2) is 12.5 Å². The van der Waals surface area contributed by atoms with Crippen molar-refractivity contribution in [3.05, 3.63) is 18.2 Å². The van der Waals surface area contributed by atoms with Crippen molar-refractivity contribution in [2.45, 2.75) is 52.1 Å². The zero-order chi connectivity index (χ0) is 19.8. The normalized spacial score (nSPS) is 23.2. The van der Waals surface area contributed by atoms with Gasteiger partial charge in [0.25, 0.3) is 5.91 Å². The summed E-state index contributed by atoms with van der Waals surface area (Å²) in [5, 5.41) is 2.97. The summed E-state index contributed by atoms with van der Waals surface area (Å²) in [6.07, 6.45) is 5.25. The van der Waals surface area contributed by atoms with Crippen molar-refractivity contribution in [2.75, 3.05) is 19.6 Å². The fourth-order valence-electron chi connectivity index (χ4n) is 3.73. The summed E-state index contributed by atoms with van der Waals surface area (Å²) in [5.41, 5.74) is 0.114. The third-order valence-electron chi connectivity index (χ3n) is 5.82. The second kappa shape index (κ2) is 7.32. The standard InChI is InChI=1S/C19H29N5O3/c1-5-23(6-2)17(26)14-9-13(11-24(14)18(27)19(3)7-8-19)21-16(25)15-10-20-12-22(15)4/h10,12-14H,5-9,11H2,1-4H3,(H,21,25)/t13-,14+/m1/s1. The minimum Gasteiger partial charge on any atom is -0.346 e. The van der Waals surface area contributed by atoms with Crippen molar-refractivity contribution < 1.29 is 14.4 Å². The van der Waals surface area contributed by atoms with Crippen molar-refractivity contribution in [2.24, 2.45) is 12.5 Å². The molecule has 1 aromatic rings. The monoisotopic (exact) mass is 375 g/mol. The van der Waals surface area contributed by atoms with E-state index in [1.54, 1.807) is 27.7 Å². The molecule has 0 aromatic carbocycles. The number of aromatic nitrogens is 2. The van der Waals surface area contributed by atoms with E-state index in [1.165, 1.54) is 6.20 Å². The molecule has 0 bridgehead atoms. The number of imidazole rings is 1. The van der Waals surface area contributed by atoms with Gasteiger partial charge in [-0.3, -0.25) is 14.4 Å². The highest BCUT2D eigenvalue weighted by Gasteiger charge is 2.52. The lowest BCUT2D eigenvalue weighted by Crippen LogP contribution is -2.49. The van der Waals surface area contributed by atoms with E-state index < -0.39 is 6.04 Å². The van der Waals surface area contributed by atoms with Crippen LogP contribution in [0.3, 0.4) is 0 Å². The zero-order valence-corrected chi connectivity index (χ0v) is 16.6. The average molecular weight is 375 g/mol. The molecule has 1 N–H and O–H groups in total. The van der Waals surface area contributed by atoms with E-state index in [4.69, 9.17) is 0 Å². The summed E-state index contributed by atoms with van der Waals surface area (Å²) in [6.45, 7) is 7.42. The van der Waals surface area contributed by atoms with Crippen molar-refractivity contribution >= 4 is 17.7 Å². The summed E-state index contributed by atoms with van der Waals surface area (Å²) in [7, 11) is 1.76. The molecule has 1 aromatic heterocycles. The Morgan fingerprint density at radius 2 is 1.96 bits per heavy atom. The van der Waals surface area contributed by atoms with Crippen LogP contribution in [-0.2, 0) is 16.6 Å². The Labute approximate surface area is 159 Å². The zero-order valence-electron chi connectivity index (χ0n) is 16.6. The summed E-state index contributed by atoms with van der Waals surface area (Å²) in [5.74, 6) is -0.235. The molecule has 8 nitrogen and oxygen atoms in total. The Balaban J connectivity index is 1.76. The highest BCUT2D eigenvalue weighted by molar-refractivity contribution is 5.94. The quantitative estimate of drug-likeness (QED) is 0.796. The number of carbonyl (C=O) groups excluding carboxylic acids is 3. The number of aryl methyl sites for hydroxylation is 1. The van der Waals surface area contributed by atoms with Gasteiger partial charge in [0, 0.05) is 38.1 Å². The van der Waals surface area contributed by atoms with Crippen LogP contribution in [-0.4, -0.2) is 68.8 Å². The predicted octanol–water partition coefficient (Wildman–Crippen LogP) is 0.788. The molecular weight excluding hydrogens is 346 g/mol. The highest BCUT2D eigenvalue weighted by atomic mass is 16.2. The Kier molecular flexibility index (Phi) is 5.26. The van der Waals surface area contributed by atoms with Crippen LogP contribution in [0.25, 0.3) is 0 Å². The van der Waals surface area contributed by atoms with Crippen LogP contribution in [0.4, 0.5) is 0 Å². The number of carbonyl (C=O) groups is 3. The molecule has 0 radical (unpaired) electrons. The van der Waals surface area contributed by atoms with Gasteiger partial charge in [-0.05, 0) is 33.1 Å². The Bertz CT molecular complexity index is 735. The van der Waals surface area contributed by atoms with Crippen LogP contribution < -0.4 is 5.32 Å². The van der Waals surface area contributed by atoms with Gasteiger partial charge in [-0.15, -0.1) is 0 Å². The molecule has 2 fully saturated rings. The van der Waals surface area contributed by atoms with Crippen LogP contribution in [0, 0.1) is 5.41 Å². The van der Waals surface area contributed by atoms with Crippen molar-refractivity contribution in [3.8, 4) is 0 Å². The van der Waals surface area contributed by atoms with E-state index in [0.29, 0.717) is 31.7 Å². The fraction of sp³-hybridized carbons (Fsp3) is 0.684. The first-order chi connectivity index (χ1) is 12.8. The molecule has 3 rings (SSSR count). The number of likely N-dealkylation sites (N-methyl/N-ethyl adjacent to an activating group) is 1. The molecule has 2 aliphatic rings. The molecule has 0 spiro atoms. The van der Waals surface area contributed by atoms with E-state index in [9.17, 15) is 14.4 Å². The molecule has 2 atom stereocenters. The lowest BCUT2D eigenvalue weighted by Gasteiger charge is -2.30. The lowest BCUT2D eigenvalue weighted by atomic mass is 10.1. The molecule has 2 heterocycles. The summed E-state index contributed by atoms with van der Waals surface area (Å²) >= 11 is 0. The SMILES string of the molecule is CCN(CC)C(=O)[C@@H]1C[C@@H](NC(=O)c2cncn2C)CN1C(=O)C1(C)CC1. The maximum atomic E-state index is 13.0. The molecule has 148 valence electrons. The topological polar surface area (TPSA) is 87.5 Å². The molecule has 1 aliphatic carbocycles. The minimum atomic E-state index is -0.508. The number of amides is 3. The van der Waals surface area contributed by atoms with Gasteiger partial charge in [0.2, 0.25) is 11.8 Å². The third-order valence-corrected chi connectivity index (χ3v) is 5.82. The maximum Gasteiger partial charge on any atom is 0.269 e. The van der Waals surface area contributed by atoms with E-state index in [-0.39, 0.29) is 29.2 Å². The van der Waals surface area contributed by atoms with E-state index in [0.717, 1.165) is 12.8 Å². The van der Waals surface area contributed by atoms with E-state index in [1.807, 2.05) is 20.8 Å². The second-order valence-electron chi connectivity index (χ2n) is 7.84. The molecule has 3 amide bonds. The van der Waals surface area contributed by atoms with Gasteiger partial charge in [0.15, 0.2) is 0 Å². The van der Waals surface area contributed by atoms with Gasteiger partial charge in [-0.2, -0.15) is 0 Å². The largest absolute Gasteiger partial charge is 0.346 e. The van der Waals surface area contributed by atoms with Gasteiger partial charge in [0.1, 0.15) is 11.7 Å². The van der Waals surface area contributed by atoms with Crippen LogP contribution >= 0.6 is 0 Å². The smallest absolute Gasteiger partial charge is 0.269 e. The molecule has 8 heteroatoms. The number of hydrogen-bond donors (Lipinski definition) is 1. The van der Waals surface area contributed by atoms with Crippen LogP contribution in [0.2, 0.25) is 0 Å². The minimum absolute atomic E-state index is 0.0325. The van der Waals surface area contributed by atoms with E-state index >= 15 is 0 Å². The van der Waals surface area contributed by atoms with E-state index in [2.05, 4.69) is 10.3 Å². The second-order valence-corrected chi connectivity index (χ2v) is 7.84. The number of rotatable bonds is 6. The molecule has 1 saturated carbocycles. The number of nitrogens with one attached hydrogen (secondary N) is 1. The third kappa shape index (κ3) is 3.70. The van der Waals surface area contributed by atoms with Crippen molar-refractivity contribution in [3.63, 3.8) is 0 Å². The predicted molar refractivity (Wildman–Crippen MR) is 99.8 cm³/mol. The molecule has 1 saturated heterocycles. The molecule has 1 aliphatic heterocycles. The first-order valence-corrected chi connectivity index (χ1v) is 9.67. The van der Waals surface area contributed by atoms with Crippen LogP contribution in [0.1, 0.15) is 50.5 Å². The Hall–Kier alpha value is -2.38. The summed E-state index contributed by atoms with van der Waals surface area (Å²) in [6, 6.07) is -0.755. The van der Waals surface area contributed by atoms with Crippen molar-refractivity contribution in [1.82, 2.24) is 24.7 Å². The van der Waals surface area contributed by atoms with Crippen molar-refractivity contribution in [1.29, 1.82) is 0 Å².